The second-order valence-electron chi connectivity index (χ2n) is 7.85. The fourth-order valence-corrected chi connectivity index (χ4v) is 3.60. The molecule has 1 saturated heterocycles. The number of nitrogens with zero attached hydrogens (tertiary/aromatic N) is 3. The van der Waals surface area contributed by atoms with E-state index in [0.717, 1.165) is 37.1 Å². The zero-order valence-corrected chi connectivity index (χ0v) is 17.5. The highest BCUT2D eigenvalue weighted by Crippen LogP contribution is 2.21. The molecule has 2 heterocycles. The van der Waals surface area contributed by atoms with Gasteiger partial charge in [0.05, 0.1) is 12.6 Å². The van der Waals surface area contributed by atoms with Gasteiger partial charge in [-0.3, -0.25) is 14.5 Å². The topological polar surface area (TPSA) is 65.5 Å². The van der Waals surface area contributed by atoms with Crippen LogP contribution in [0.2, 0.25) is 0 Å². The van der Waals surface area contributed by atoms with Crippen LogP contribution in [0, 0.1) is 12.8 Å². The Kier molecular flexibility index (Phi) is 6.99. The van der Waals surface area contributed by atoms with Crippen LogP contribution in [0.4, 0.5) is 5.82 Å². The molecule has 1 aromatic heterocycles. The number of aryl methyl sites for hydroxylation is 1. The number of piperidine rings is 1. The van der Waals surface area contributed by atoms with E-state index in [0.29, 0.717) is 12.4 Å². The van der Waals surface area contributed by atoms with Crippen LogP contribution in [0.25, 0.3) is 0 Å². The largest absolute Gasteiger partial charge is 0.338 e. The second kappa shape index (κ2) is 9.65. The van der Waals surface area contributed by atoms with Crippen LogP contribution in [-0.2, 0) is 9.59 Å². The molecule has 1 fully saturated rings. The number of rotatable bonds is 6. The molecule has 6 heteroatoms. The van der Waals surface area contributed by atoms with Crippen molar-refractivity contribution < 1.29 is 9.59 Å². The van der Waals surface area contributed by atoms with Crippen molar-refractivity contribution >= 4 is 17.6 Å². The van der Waals surface area contributed by atoms with Crippen LogP contribution in [0.5, 0.6) is 0 Å². The van der Waals surface area contributed by atoms with E-state index in [4.69, 9.17) is 0 Å². The Morgan fingerprint density at radius 2 is 1.86 bits per heavy atom. The summed E-state index contributed by atoms with van der Waals surface area (Å²) in [5.74, 6) is 0.676. The van der Waals surface area contributed by atoms with Crippen molar-refractivity contribution in [2.24, 2.45) is 5.92 Å². The first-order chi connectivity index (χ1) is 13.9. The summed E-state index contributed by atoms with van der Waals surface area (Å²) in [5, 5.41) is 2.90. The van der Waals surface area contributed by atoms with Gasteiger partial charge >= 0.3 is 0 Å². The van der Waals surface area contributed by atoms with Crippen LogP contribution in [0.15, 0.2) is 48.7 Å². The SMILES string of the molecule is Cc1ccc(NC(=O)C2CCN(CC(=O)N(C)C(C)c3ccccc3)CC2)nc1. The van der Waals surface area contributed by atoms with E-state index in [9.17, 15) is 9.59 Å². The maximum absolute atomic E-state index is 12.7. The van der Waals surface area contributed by atoms with E-state index >= 15 is 0 Å². The molecule has 6 nitrogen and oxygen atoms in total. The number of hydrogen-bond acceptors (Lipinski definition) is 4. The average Bonchev–Trinajstić information content (AvgIpc) is 2.75. The molecule has 1 aliphatic rings. The number of benzene rings is 1. The van der Waals surface area contributed by atoms with Crippen LogP contribution in [0.3, 0.4) is 0 Å². The molecule has 1 aliphatic heterocycles. The van der Waals surface area contributed by atoms with E-state index < -0.39 is 0 Å². The normalized spacial score (nSPS) is 16.2. The standard InChI is InChI=1S/C23H30N4O2/c1-17-9-10-21(24-15-17)25-23(29)20-11-13-27(14-12-20)16-22(28)26(3)18(2)19-7-5-4-6-8-19/h4-10,15,18,20H,11-14,16H2,1-3H3,(H,24,25,29). The smallest absolute Gasteiger partial charge is 0.236 e. The number of carbonyl (C=O) groups is 2. The Morgan fingerprint density at radius 1 is 1.17 bits per heavy atom. The van der Waals surface area contributed by atoms with Gasteiger partial charge in [0.1, 0.15) is 5.82 Å². The highest BCUT2D eigenvalue weighted by atomic mass is 16.2. The minimum Gasteiger partial charge on any atom is -0.338 e. The van der Waals surface area contributed by atoms with Gasteiger partial charge in [-0.1, -0.05) is 36.4 Å². The molecule has 0 aliphatic carbocycles. The van der Waals surface area contributed by atoms with Gasteiger partial charge < -0.3 is 10.2 Å². The predicted octanol–water partition coefficient (Wildman–Crippen LogP) is 3.26. The van der Waals surface area contributed by atoms with Gasteiger partial charge in [0.2, 0.25) is 11.8 Å². The predicted molar refractivity (Wildman–Crippen MR) is 114 cm³/mol. The molecule has 1 atom stereocenters. The lowest BCUT2D eigenvalue weighted by atomic mass is 9.96. The van der Waals surface area contributed by atoms with Crippen LogP contribution >= 0.6 is 0 Å². The summed E-state index contributed by atoms with van der Waals surface area (Å²) in [5.41, 5.74) is 2.19. The van der Waals surface area contributed by atoms with Gasteiger partial charge in [-0.15, -0.1) is 0 Å². The fourth-order valence-electron chi connectivity index (χ4n) is 3.60. The lowest BCUT2D eigenvalue weighted by Crippen LogP contribution is -2.44. The minimum atomic E-state index is -0.0366. The first-order valence-corrected chi connectivity index (χ1v) is 10.2. The van der Waals surface area contributed by atoms with E-state index in [1.54, 1.807) is 11.1 Å². The van der Waals surface area contributed by atoms with Gasteiger partial charge in [-0.2, -0.15) is 0 Å². The third-order valence-corrected chi connectivity index (χ3v) is 5.74. The third-order valence-electron chi connectivity index (χ3n) is 5.74. The van der Waals surface area contributed by atoms with Crippen LogP contribution in [-0.4, -0.2) is 53.3 Å². The summed E-state index contributed by atoms with van der Waals surface area (Å²) in [7, 11) is 1.86. The highest BCUT2D eigenvalue weighted by molar-refractivity contribution is 5.91. The number of likely N-dealkylation sites (N-methyl/N-ethyl adjacent to an activating group) is 1. The molecule has 3 rings (SSSR count). The molecule has 2 amide bonds. The summed E-state index contributed by atoms with van der Waals surface area (Å²) >= 11 is 0. The van der Waals surface area contributed by atoms with Gasteiger partial charge in [0.15, 0.2) is 0 Å². The molecule has 0 spiro atoms. The zero-order valence-electron chi connectivity index (χ0n) is 17.5. The molecule has 1 aromatic carbocycles. The fraction of sp³-hybridized carbons (Fsp3) is 0.435. The molecule has 1 unspecified atom stereocenters. The van der Waals surface area contributed by atoms with Crippen molar-refractivity contribution in [1.82, 2.24) is 14.8 Å². The average molecular weight is 395 g/mol. The number of aromatic nitrogens is 1. The number of anilines is 1. The van der Waals surface area contributed by atoms with E-state index in [1.807, 2.05) is 63.4 Å². The molecule has 1 N–H and O–H groups in total. The minimum absolute atomic E-state index is 0.0159. The molecular weight excluding hydrogens is 364 g/mol. The Hall–Kier alpha value is -2.73. The van der Waals surface area contributed by atoms with Crippen LogP contribution < -0.4 is 5.32 Å². The Balaban J connectivity index is 1.46. The summed E-state index contributed by atoms with van der Waals surface area (Å²) in [4.78, 5) is 33.4. The Morgan fingerprint density at radius 3 is 2.48 bits per heavy atom. The summed E-state index contributed by atoms with van der Waals surface area (Å²) < 4.78 is 0. The number of carbonyl (C=O) groups excluding carboxylic acids is 2. The number of nitrogens with one attached hydrogen (secondary N) is 1. The summed E-state index contributed by atoms with van der Waals surface area (Å²) in [6.45, 7) is 5.90. The van der Waals surface area contributed by atoms with E-state index in [1.165, 1.54) is 0 Å². The highest BCUT2D eigenvalue weighted by Gasteiger charge is 2.27. The first kappa shape index (κ1) is 21.0. The molecular formula is C23H30N4O2. The van der Waals surface area contributed by atoms with Crippen molar-refractivity contribution in [2.75, 3.05) is 32.0 Å². The van der Waals surface area contributed by atoms with Gasteiger partial charge in [-0.05, 0) is 57.0 Å². The molecule has 0 saturated carbocycles. The Labute approximate surface area is 172 Å². The van der Waals surface area contributed by atoms with Gasteiger partial charge in [0.25, 0.3) is 0 Å². The van der Waals surface area contributed by atoms with Gasteiger partial charge in [0, 0.05) is 19.2 Å². The van der Waals surface area contributed by atoms with Crippen molar-refractivity contribution in [2.45, 2.75) is 32.7 Å². The van der Waals surface area contributed by atoms with E-state index in [-0.39, 0.29) is 23.8 Å². The molecule has 29 heavy (non-hydrogen) atoms. The lowest BCUT2D eigenvalue weighted by molar-refractivity contribution is -0.133. The van der Waals surface area contributed by atoms with Crippen molar-refractivity contribution in [3.63, 3.8) is 0 Å². The van der Waals surface area contributed by atoms with Gasteiger partial charge in [-0.25, -0.2) is 4.98 Å². The summed E-state index contributed by atoms with van der Waals surface area (Å²) in [6.07, 6.45) is 3.25. The molecule has 2 aromatic rings. The monoisotopic (exact) mass is 394 g/mol. The maximum Gasteiger partial charge on any atom is 0.236 e. The molecule has 0 bridgehead atoms. The second-order valence-corrected chi connectivity index (χ2v) is 7.85. The quantitative estimate of drug-likeness (QED) is 0.817. The number of hydrogen-bond donors (Lipinski definition) is 1. The van der Waals surface area contributed by atoms with Crippen LogP contribution in [0.1, 0.15) is 36.9 Å². The van der Waals surface area contributed by atoms with Crippen molar-refractivity contribution in [3.8, 4) is 0 Å². The summed E-state index contributed by atoms with van der Waals surface area (Å²) in [6, 6.07) is 13.8. The van der Waals surface area contributed by atoms with E-state index in [2.05, 4.69) is 15.2 Å². The number of likely N-dealkylation sites (tertiary alicyclic amines) is 1. The number of pyridine rings is 1. The molecule has 154 valence electrons. The lowest BCUT2D eigenvalue weighted by Gasteiger charge is -2.33. The number of amides is 2. The van der Waals surface area contributed by atoms with Crippen molar-refractivity contribution in [1.29, 1.82) is 0 Å². The Bertz CT molecular complexity index is 815. The maximum atomic E-state index is 12.7. The third kappa shape index (κ3) is 5.64. The van der Waals surface area contributed by atoms with Crippen molar-refractivity contribution in [3.05, 3.63) is 59.8 Å². The first-order valence-electron chi connectivity index (χ1n) is 10.2. The molecule has 0 radical (unpaired) electrons. The zero-order chi connectivity index (χ0) is 20.8.